The van der Waals surface area contributed by atoms with Crippen molar-refractivity contribution < 1.29 is 5.11 Å². The molecule has 1 aliphatic heterocycles. The number of anilines is 1. The molecule has 2 rings (SSSR count). The van der Waals surface area contributed by atoms with Crippen LogP contribution >= 0.6 is 0 Å². The van der Waals surface area contributed by atoms with Crippen LogP contribution in [0.25, 0.3) is 0 Å². The van der Waals surface area contributed by atoms with Gasteiger partial charge in [0.05, 0.1) is 12.1 Å². The molecule has 0 saturated carbocycles. The van der Waals surface area contributed by atoms with Gasteiger partial charge in [-0.25, -0.2) is 0 Å². The summed E-state index contributed by atoms with van der Waals surface area (Å²) in [5.41, 5.74) is 2.54. The number of nitrogens with one attached hydrogen (secondary N) is 1. The van der Waals surface area contributed by atoms with Crippen molar-refractivity contribution in [1.82, 2.24) is 5.32 Å². The number of nitrogens with zero attached hydrogens (tertiary/aromatic N) is 1. The van der Waals surface area contributed by atoms with E-state index in [0.29, 0.717) is 0 Å². The summed E-state index contributed by atoms with van der Waals surface area (Å²) in [4.78, 5) is 2.38. The molecular weight excluding hydrogens is 224 g/mol. The highest BCUT2D eigenvalue weighted by Gasteiger charge is 2.28. The minimum absolute atomic E-state index is 0.172. The van der Waals surface area contributed by atoms with Crippen LogP contribution in [0.15, 0.2) is 24.3 Å². The lowest BCUT2D eigenvalue weighted by Gasteiger charge is -2.34. The Morgan fingerprint density at radius 1 is 1.39 bits per heavy atom. The largest absolute Gasteiger partial charge is 0.394 e. The lowest BCUT2D eigenvalue weighted by atomic mass is 10.0. The first-order chi connectivity index (χ1) is 8.68. The van der Waals surface area contributed by atoms with Crippen LogP contribution < -0.4 is 10.2 Å². The van der Waals surface area contributed by atoms with E-state index < -0.39 is 0 Å². The number of aliphatic hydroxyl groups is 1. The highest BCUT2D eigenvalue weighted by molar-refractivity contribution is 5.58. The van der Waals surface area contributed by atoms with Gasteiger partial charge >= 0.3 is 0 Å². The summed E-state index contributed by atoms with van der Waals surface area (Å²) in [5, 5.41) is 13.1. The molecule has 3 heteroatoms. The maximum absolute atomic E-state index is 9.63. The number of hydrogen-bond donors (Lipinski definition) is 2. The summed E-state index contributed by atoms with van der Waals surface area (Å²) >= 11 is 0. The lowest BCUT2D eigenvalue weighted by Crippen LogP contribution is -2.54. The number of aliphatic hydroxyl groups excluding tert-OH is 1. The molecule has 1 aromatic rings. The molecule has 0 amide bonds. The monoisotopic (exact) mass is 248 g/mol. The number of benzene rings is 1. The van der Waals surface area contributed by atoms with Gasteiger partial charge in [0.1, 0.15) is 0 Å². The van der Waals surface area contributed by atoms with Crippen molar-refractivity contribution in [2.75, 3.05) is 31.1 Å². The average Bonchev–Trinajstić information content (AvgIpc) is 2.80. The number of fused-ring (bicyclic) bond motifs is 1. The molecule has 0 aromatic heterocycles. The second kappa shape index (κ2) is 5.72. The highest BCUT2D eigenvalue weighted by Crippen LogP contribution is 2.28. The van der Waals surface area contributed by atoms with Crippen LogP contribution in [0.1, 0.15) is 25.8 Å². The maximum Gasteiger partial charge on any atom is 0.0627 e. The standard InChI is InChI=1S/C15H24N2O/c1-3-9-16-15(2,12-18)11-17-10-8-13-6-4-5-7-14(13)17/h4-7,16,18H,3,8-12H2,1-2H3. The van der Waals surface area contributed by atoms with Crippen LogP contribution in [0.5, 0.6) is 0 Å². The fraction of sp³-hybridized carbons (Fsp3) is 0.600. The van der Waals surface area contributed by atoms with E-state index in [1.165, 1.54) is 11.3 Å². The van der Waals surface area contributed by atoms with E-state index in [1.807, 2.05) is 0 Å². The Bertz CT molecular complexity index is 394. The molecule has 0 bridgehead atoms. The first kappa shape index (κ1) is 13.4. The smallest absolute Gasteiger partial charge is 0.0627 e. The molecule has 2 N–H and O–H groups in total. The fourth-order valence-electron chi connectivity index (χ4n) is 2.58. The van der Waals surface area contributed by atoms with E-state index in [2.05, 4.69) is 48.3 Å². The third kappa shape index (κ3) is 2.85. The van der Waals surface area contributed by atoms with Crippen molar-refractivity contribution in [1.29, 1.82) is 0 Å². The van der Waals surface area contributed by atoms with Crippen molar-refractivity contribution in [2.24, 2.45) is 0 Å². The molecular formula is C15H24N2O. The topological polar surface area (TPSA) is 35.5 Å². The molecule has 1 aliphatic rings. The fourth-order valence-corrected chi connectivity index (χ4v) is 2.58. The van der Waals surface area contributed by atoms with E-state index in [4.69, 9.17) is 0 Å². The van der Waals surface area contributed by atoms with Gasteiger partial charge in [0.25, 0.3) is 0 Å². The average molecular weight is 248 g/mol. The molecule has 100 valence electrons. The Labute approximate surface area is 110 Å². The molecule has 1 heterocycles. The van der Waals surface area contributed by atoms with E-state index >= 15 is 0 Å². The molecule has 0 fully saturated rings. The van der Waals surface area contributed by atoms with Crippen LogP contribution in [0.2, 0.25) is 0 Å². The molecule has 1 aromatic carbocycles. The minimum Gasteiger partial charge on any atom is -0.394 e. The Kier molecular flexibility index (Phi) is 4.25. The van der Waals surface area contributed by atoms with Crippen LogP contribution in [-0.2, 0) is 6.42 Å². The lowest BCUT2D eigenvalue weighted by molar-refractivity contribution is 0.178. The molecule has 1 atom stereocenters. The number of rotatable bonds is 6. The van der Waals surface area contributed by atoms with Crippen molar-refractivity contribution in [2.45, 2.75) is 32.2 Å². The second-order valence-electron chi connectivity index (χ2n) is 5.45. The predicted molar refractivity (Wildman–Crippen MR) is 76.1 cm³/mol. The van der Waals surface area contributed by atoms with Gasteiger partial charge in [0.2, 0.25) is 0 Å². The van der Waals surface area contributed by atoms with Crippen LogP contribution in [-0.4, -0.2) is 36.9 Å². The van der Waals surface area contributed by atoms with E-state index in [0.717, 1.165) is 32.5 Å². The number of para-hydroxylation sites is 1. The quantitative estimate of drug-likeness (QED) is 0.806. The van der Waals surface area contributed by atoms with Crippen LogP contribution in [0.3, 0.4) is 0 Å². The molecule has 0 spiro atoms. The van der Waals surface area contributed by atoms with Crippen molar-refractivity contribution in [3.63, 3.8) is 0 Å². The summed E-state index contributed by atoms with van der Waals surface area (Å²) in [6.07, 6.45) is 2.21. The summed E-state index contributed by atoms with van der Waals surface area (Å²) < 4.78 is 0. The van der Waals surface area contributed by atoms with E-state index in [1.54, 1.807) is 0 Å². The summed E-state index contributed by atoms with van der Waals surface area (Å²) in [5.74, 6) is 0. The highest BCUT2D eigenvalue weighted by atomic mass is 16.3. The molecule has 0 aliphatic carbocycles. The van der Waals surface area contributed by atoms with Gasteiger partial charge in [0, 0.05) is 18.8 Å². The summed E-state index contributed by atoms with van der Waals surface area (Å²) in [7, 11) is 0. The van der Waals surface area contributed by atoms with Crippen LogP contribution in [0.4, 0.5) is 5.69 Å². The van der Waals surface area contributed by atoms with Crippen molar-refractivity contribution in [3.05, 3.63) is 29.8 Å². The van der Waals surface area contributed by atoms with Crippen molar-refractivity contribution in [3.8, 4) is 0 Å². The van der Waals surface area contributed by atoms with Gasteiger partial charge in [-0.2, -0.15) is 0 Å². The summed E-state index contributed by atoms with van der Waals surface area (Å²) in [6.45, 7) is 7.29. The second-order valence-corrected chi connectivity index (χ2v) is 5.45. The predicted octanol–water partition coefficient (Wildman–Crippen LogP) is 1.80. The zero-order valence-electron chi connectivity index (χ0n) is 11.4. The molecule has 1 unspecified atom stereocenters. The normalized spacial score (nSPS) is 17.6. The molecule has 18 heavy (non-hydrogen) atoms. The zero-order valence-corrected chi connectivity index (χ0v) is 11.4. The van der Waals surface area contributed by atoms with Gasteiger partial charge in [0.15, 0.2) is 0 Å². The first-order valence-electron chi connectivity index (χ1n) is 6.87. The Morgan fingerprint density at radius 3 is 2.89 bits per heavy atom. The van der Waals surface area contributed by atoms with E-state index in [-0.39, 0.29) is 12.1 Å². The van der Waals surface area contributed by atoms with Gasteiger partial charge in [-0.15, -0.1) is 0 Å². The van der Waals surface area contributed by atoms with Crippen LogP contribution in [0, 0.1) is 0 Å². The maximum atomic E-state index is 9.63. The molecule has 3 nitrogen and oxygen atoms in total. The third-order valence-electron chi connectivity index (χ3n) is 3.67. The molecule has 0 saturated heterocycles. The Hall–Kier alpha value is -1.06. The minimum atomic E-state index is -0.215. The van der Waals surface area contributed by atoms with Gasteiger partial charge in [-0.05, 0) is 37.9 Å². The Balaban J connectivity index is 2.05. The Morgan fingerprint density at radius 2 is 2.17 bits per heavy atom. The van der Waals surface area contributed by atoms with Gasteiger partial charge in [-0.3, -0.25) is 0 Å². The SMILES string of the molecule is CCCNC(C)(CO)CN1CCc2ccccc21. The van der Waals surface area contributed by atoms with Gasteiger partial charge in [-0.1, -0.05) is 25.1 Å². The molecule has 0 radical (unpaired) electrons. The summed E-state index contributed by atoms with van der Waals surface area (Å²) in [6, 6.07) is 8.57. The number of hydrogen-bond acceptors (Lipinski definition) is 3. The zero-order chi connectivity index (χ0) is 13.0. The van der Waals surface area contributed by atoms with Crippen molar-refractivity contribution >= 4 is 5.69 Å². The van der Waals surface area contributed by atoms with E-state index in [9.17, 15) is 5.11 Å². The first-order valence-corrected chi connectivity index (χ1v) is 6.87. The third-order valence-corrected chi connectivity index (χ3v) is 3.67. The van der Waals surface area contributed by atoms with Gasteiger partial charge < -0.3 is 15.3 Å².